The number of aliphatic carboxylic acids is 1. The molecule has 0 amide bonds. The van der Waals surface area contributed by atoms with Crippen molar-refractivity contribution in [2.75, 3.05) is 19.7 Å². The minimum absolute atomic E-state index is 0.357. The van der Waals surface area contributed by atoms with E-state index < -0.39 is 17.7 Å². The molecule has 0 bridgehead atoms. The Labute approximate surface area is 187 Å². The highest BCUT2D eigenvalue weighted by Crippen LogP contribution is 2.32. The topological polar surface area (TPSA) is 49.8 Å². The summed E-state index contributed by atoms with van der Waals surface area (Å²) in [6.07, 6.45) is -2.59. The number of hydrogen-bond acceptors (Lipinski definition) is 4. The minimum atomic E-state index is -4.33. The lowest BCUT2D eigenvalue weighted by Crippen LogP contribution is -2.25. The number of nitrogens with zero attached hydrogens (tertiary/aromatic N) is 1. The quantitative estimate of drug-likeness (QED) is 0.527. The number of alkyl halides is 3. The first-order chi connectivity index (χ1) is 15.3. The summed E-state index contributed by atoms with van der Waals surface area (Å²) in [6.45, 7) is 2.19. The normalized spacial score (nSPS) is 14.6. The second-order valence-corrected chi connectivity index (χ2v) is 8.76. The fourth-order valence-electron chi connectivity index (χ4n) is 3.83. The Bertz CT molecular complexity index is 1090. The molecule has 168 valence electrons. The molecule has 2 aromatic carbocycles. The Morgan fingerprint density at radius 1 is 1.00 bits per heavy atom. The van der Waals surface area contributed by atoms with Gasteiger partial charge in [0.25, 0.3) is 0 Å². The summed E-state index contributed by atoms with van der Waals surface area (Å²) in [5, 5.41) is 10.8. The van der Waals surface area contributed by atoms with E-state index in [0.29, 0.717) is 5.75 Å². The van der Waals surface area contributed by atoms with Crippen molar-refractivity contribution in [3.8, 4) is 16.9 Å². The van der Waals surface area contributed by atoms with Gasteiger partial charge in [-0.15, -0.1) is 11.3 Å². The molecule has 0 fully saturated rings. The second kappa shape index (κ2) is 9.34. The van der Waals surface area contributed by atoms with Gasteiger partial charge in [0.15, 0.2) is 6.61 Å². The Morgan fingerprint density at radius 2 is 1.72 bits per heavy atom. The van der Waals surface area contributed by atoms with E-state index in [9.17, 15) is 18.0 Å². The van der Waals surface area contributed by atoms with E-state index in [2.05, 4.69) is 4.90 Å². The highest BCUT2D eigenvalue weighted by Gasteiger charge is 2.30. The summed E-state index contributed by atoms with van der Waals surface area (Å²) >= 11 is 1.61. The third kappa shape index (κ3) is 5.49. The van der Waals surface area contributed by atoms with Gasteiger partial charge in [-0.1, -0.05) is 18.2 Å². The van der Waals surface area contributed by atoms with E-state index in [-0.39, 0.29) is 6.61 Å². The van der Waals surface area contributed by atoms with E-state index in [1.807, 2.05) is 29.6 Å². The van der Waals surface area contributed by atoms with Gasteiger partial charge in [-0.05, 0) is 70.8 Å². The summed E-state index contributed by atoms with van der Waals surface area (Å²) in [7, 11) is 0. The molecule has 0 spiro atoms. The number of carboxylic acids is 1. The predicted octanol–water partition coefficient (Wildman–Crippen LogP) is 5.50. The summed E-state index contributed by atoms with van der Waals surface area (Å²) < 4.78 is 43.6. The first kappa shape index (κ1) is 22.4. The molecule has 0 saturated heterocycles. The van der Waals surface area contributed by atoms with Crippen LogP contribution in [0.25, 0.3) is 11.1 Å². The van der Waals surface area contributed by atoms with Gasteiger partial charge in [-0.25, -0.2) is 4.79 Å². The lowest BCUT2D eigenvalue weighted by molar-refractivity contribution is -0.139. The molecule has 1 aliphatic rings. The SMILES string of the molecule is O=C(O)COc1ccc2c(c1)CCN(Cc1cc(-c3ccc(C(F)(F)F)cc3)cs1)CC2. The fourth-order valence-corrected chi connectivity index (χ4v) is 4.76. The molecule has 0 atom stereocenters. The zero-order valence-corrected chi connectivity index (χ0v) is 18.0. The number of halogens is 3. The van der Waals surface area contributed by atoms with Crippen LogP contribution in [-0.4, -0.2) is 35.7 Å². The number of thiophene rings is 1. The van der Waals surface area contributed by atoms with Crippen molar-refractivity contribution in [3.63, 3.8) is 0 Å². The molecule has 4 nitrogen and oxygen atoms in total. The molecule has 0 saturated carbocycles. The maximum absolute atomic E-state index is 12.8. The smallest absolute Gasteiger partial charge is 0.416 e. The lowest BCUT2D eigenvalue weighted by Gasteiger charge is -2.18. The molecule has 0 radical (unpaired) electrons. The highest BCUT2D eigenvalue weighted by atomic mass is 32.1. The number of rotatable bonds is 6. The monoisotopic (exact) mass is 461 g/mol. The van der Waals surface area contributed by atoms with Crippen molar-refractivity contribution in [1.82, 2.24) is 4.90 Å². The first-order valence-electron chi connectivity index (χ1n) is 10.2. The van der Waals surface area contributed by atoms with Crippen LogP contribution in [0.4, 0.5) is 13.2 Å². The van der Waals surface area contributed by atoms with Crippen molar-refractivity contribution in [2.45, 2.75) is 25.6 Å². The van der Waals surface area contributed by atoms with Crippen LogP contribution in [0.5, 0.6) is 5.75 Å². The van der Waals surface area contributed by atoms with E-state index in [4.69, 9.17) is 9.84 Å². The summed E-state index contributed by atoms with van der Waals surface area (Å²) in [5.41, 5.74) is 3.48. The Balaban J connectivity index is 1.38. The van der Waals surface area contributed by atoms with Crippen LogP contribution in [0.3, 0.4) is 0 Å². The molecule has 2 heterocycles. The first-order valence-corrected chi connectivity index (χ1v) is 11.1. The van der Waals surface area contributed by atoms with Gasteiger partial charge in [0.05, 0.1) is 5.56 Å². The molecule has 8 heteroatoms. The molecule has 1 aromatic heterocycles. The molecule has 0 aliphatic carbocycles. The van der Waals surface area contributed by atoms with Crippen molar-refractivity contribution in [3.05, 3.63) is 75.5 Å². The van der Waals surface area contributed by atoms with Gasteiger partial charge < -0.3 is 9.84 Å². The number of carboxylic acid groups (broad SMARTS) is 1. The van der Waals surface area contributed by atoms with Crippen molar-refractivity contribution in [2.24, 2.45) is 0 Å². The van der Waals surface area contributed by atoms with Gasteiger partial charge in [0.2, 0.25) is 0 Å². The van der Waals surface area contributed by atoms with E-state index in [1.165, 1.54) is 23.3 Å². The molecule has 1 N–H and O–H groups in total. The zero-order chi connectivity index (χ0) is 22.7. The highest BCUT2D eigenvalue weighted by molar-refractivity contribution is 7.10. The number of fused-ring (bicyclic) bond motifs is 1. The van der Waals surface area contributed by atoms with Crippen LogP contribution in [0, 0.1) is 0 Å². The number of ether oxygens (including phenoxy) is 1. The van der Waals surface area contributed by atoms with Gasteiger partial charge in [-0.2, -0.15) is 13.2 Å². The average molecular weight is 462 g/mol. The maximum Gasteiger partial charge on any atom is 0.416 e. The Hall–Kier alpha value is -2.84. The third-order valence-corrected chi connectivity index (χ3v) is 6.44. The van der Waals surface area contributed by atoms with Gasteiger partial charge in [-0.3, -0.25) is 4.90 Å². The number of carbonyl (C=O) groups is 1. The third-order valence-electron chi connectivity index (χ3n) is 5.51. The minimum Gasteiger partial charge on any atom is -0.482 e. The molecule has 3 aromatic rings. The van der Waals surface area contributed by atoms with E-state index >= 15 is 0 Å². The standard InChI is InChI=1S/C24H22F3NO3S/c25-24(26,27)20-4-1-16(2-5-20)19-12-22(32-15-19)13-28-9-7-17-3-6-21(31-14-23(29)30)11-18(17)8-10-28/h1-6,11-12,15H,7-10,13-14H2,(H,29,30). The predicted molar refractivity (Wildman–Crippen MR) is 117 cm³/mol. The summed E-state index contributed by atoms with van der Waals surface area (Å²) in [4.78, 5) is 14.2. The Kier molecular flexibility index (Phi) is 6.53. The average Bonchev–Trinajstić information content (AvgIpc) is 3.13. The Morgan fingerprint density at radius 3 is 2.41 bits per heavy atom. The zero-order valence-electron chi connectivity index (χ0n) is 17.2. The van der Waals surface area contributed by atoms with Crippen molar-refractivity contribution in [1.29, 1.82) is 0 Å². The number of benzene rings is 2. The van der Waals surface area contributed by atoms with E-state index in [1.54, 1.807) is 11.3 Å². The summed E-state index contributed by atoms with van der Waals surface area (Å²) in [6, 6.07) is 13.1. The molecular weight excluding hydrogens is 439 g/mol. The fraction of sp³-hybridized carbons (Fsp3) is 0.292. The van der Waals surface area contributed by atoms with Crippen LogP contribution < -0.4 is 4.74 Å². The molecule has 32 heavy (non-hydrogen) atoms. The molecule has 4 rings (SSSR count). The van der Waals surface area contributed by atoms with Crippen LogP contribution in [0.1, 0.15) is 21.6 Å². The lowest BCUT2D eigenvalue weighted by atomic mass is 10.0. The van der Waals surface area contributed by atoms with Crippen LogP contribution in [-0.2, 0) is 30.4 Å². The molecular formula is C24H22F3NO3S. The molecule has 1 aliphatic heterocycles. The van der Waals surface area contributed by atoms with Gasteiger partial charge in [0.1, 0.15) is 5.75 Å². The van der Waals surface area contributed by atoms with Crippen molar-refractivity contribution < 1.29 is 27.8 Å². The van der Waals surface area contributed by atoms with Crippen molar-refractivity contribution >= 4 is 17.3 Å². The summed E-state index contributed by atoms with van der Waals surface area (Å²) in [5.74, 6) is -0.434. The number of hydrogen-bond donors (Lipinski definition) is 1. The molecule has 0 unspecified atom stereocenters. The second-order valence-electron chi connectivity index (χ2n) is 7.77. The largest absolute Gasteiger partial charge is 0.482 e. The van der Waals surface area contributed by atoms with E-state index in [0.717, 1.165) is 60.6 Å². The van der Waals surface area contributed by atoms with Crippen LogP contribution in [0.15, 0.2) is 53.9 Å². The maximum atomic E-state index is 12.8. The van der Waals surface area contributed by atoms with Crippen LogP contribution in [0.2, 0.25) is 0 Å². The van der Waals surface area contributed by atoms with Crippen LogP contribution >= 0.6 is 11.3 Å². The van der Waals surface area contributed by atoms with Gasteiger partial charge in [0, 0.05) is 24.5 Å². The van der Waals surface area contributed by atoms with Gasteiger partial charge >= 0.3 is 12.1 Å².